The van der Waals surface area contributed by atoms with Crippen LogP contribution >= 0.6 is 15.9 Å². The summed E-state index contributed by atoms with van der Waals surface area (Å²) in [7, 11) is 0. The maximum absolute atomic E-state index is 10.6. The van der Waals surface area contributed by atoms with Crippen LogP contribution in [0.15, 0.2) is 33.8 Å². The molecule has 0 aliphatic rings. The largest absolute Gasteiger partial charge is 0.274 e. The molecule has 74 valence electrons. The summed E-state index contributed by atoms with van der Waals surface area (Å²) in [5.41, 5.74) is 4.17. The smallest absolute Gasteiger partial charge is 0.236 e. The van der Waals surface area contributed by atoms with Gasteiger partial charge in [0.2, 0.25) is 5.91 Å². The zero-order chi connectivity index (χ0) is 10.6. The molecule has 0 aliphatic carbocycles. The number of amides is 1. The molecule has 1 aromatic carbocycles. The monoisotopic (exact) mass is 254 g/mol. The molecule has 1 rings (SSSR count). The van der Waals surface area contributed by atoms with Crippen molar-refractivity contribution < 1.29 is 4.79 Å². The quantitative estimate of drug-likeness (QED) is 0.639. The fourth-order valence-corrected chi connectivity index (χ4v) is 1.18. The molecule has 0 aliphatic heterocycles. The summed E-state index contributed by atoms with van der Waals surface area (Å²) in [6.07, 6.45) is 0. The Kier molecular flexibility index (Phi) is 3.83. The number of nitrogens with one attached hydrogen (secondary N) is 1. The van der Waals surface area contributed by atoms with E-state index in [9.17, 15) is 4.79 Å². The number of carbonyl (C=O) groups is 1. The van der Waals surface area contributed by atoms with E-state index in [0.717, 1.165) is 15.7 Å². The maximum Gasteiger partial charge on any atom is 0.236 e. The van der Waals surface area contributed by atoms with E-state index in [1.54, 1.807) is 0 Å². The lowest BCUT2D eigenvalue weighted by Gasteiger charge is -2.00. The van der Waals surface area contributed by atoms with Gasteiger partial charge in [-0.15, -0.1) is 0 Å². The Hall–Kier alpha value is -1.16. The van der Waals surface area contributed by atoms with Gasteiger partial charge in [-0.25, -0.2) is 5.43 Å². The zero-order valence-corrected chi connectivity index (χ0v) is 9.63. The fourth-order valence-electron chi connectivity index (χ4n) is 0.918. The molecule has 0 radical (unpaired) electrons. The molecule has 14 heavy (non-hydrogen) atoms. The van der Waals surface area contributed by atoms with Crippen LogP contribution in [-0.4, -0.2) is 11.6 Å². The van der Waals surface area contributed by atoms with E-state index in [2.05, 4.69) is 26.5 Å². The molecule has 1 aromatic rings. The van der Waals surface area contributed by atoms with Crippen molar-refractivity contribution in [1.29, 1.82) is 0 Å². The van der Waals surface area contributed by atoms with Crippen molar-refractivity contribution in [2.45, 2.75) is 13.8 Å². The molecule has 0 unspecified atom stereocenters. The minimum absolute atomic E-state index is 0.165. The van der Waals surface area contributed by atoms with Gasteiger partial charge >= 0.3 is 0 Å². The van der Waals surface area contributed by atoms with Crippen LogP contribution < -0.4 is 5.43 Å². The van der Waals surface area contributed by atoms with Crippen LogP contribution in [0, 0.1) is 0 Å². The maximum atomic E-state index is 10.6. The molecule has 4 heteroatoms. The van der Waals surface area contributed by atoms with Gasteiger partial charge in [0.05, 0.1) is 5.71 Å². The molecule has 3 nitrogen and oxygen atoms in total. The Morgan fingerprint density at radius 1 is 1.29 bits per heavy atom. The number of rotatable bonds is 2. The first-order valence-corrected chi connectivity index (χ1v) is 4.95. The van der Waals surface area contributed by atoms with Gasteiger partial charge < -0.3 is 0 Å². The Labute approximate surface area is 91.3 Å². The van der Waals surface area contributed by atoms with Gasteiger partial charge in [0.1, 0.15) is 0 Å². The van der Waals surface area contributed by atoms with Crippen LogP contribution in [0.2, 0.25) is 0 Å². The second-order valence-corrected chi connectivity index (χ2v) is 3.79. The van der Waals surface area contributed by atoms with Crippen LogP contribution in [-0.2, 0) is 4.79 Å². The normalized spacial score (nSPS) is 11.2. The summed E-state index contributed by atoms with van der Waals surface area (Å²) < 4.78 is 1.02. The lowest BCUT2D eigenvalue weighted by molar-refractivity contribution is -0.118. The molecule has 1 amide bonds. The average Bonchev–Trinajstić information content (AvgIpc) is 2.15. The van der Waals surface area contributed by atoms with Crippen LogP contribution in [0.25, 0.3) is 0 Å². The Morgan fingerprint density at radius 3 is 2.36 bits per heavy atom. The number of benzene rings is 1. The Balaban J connectivity index is 2.78. The zero-order valence-electron chi connectivity index (χ0n) is 8.04. The molecular weight excluding hydrogens is 244 g/mol. The number of hydrogen-bond donors (Lipinski definition) is 1. The van der Waals surface area contributed by atoms with Gasteiger partial charge in [0.25, 0.3) is 0 Å². The van der Waals surface area contributed by atoms with Gasteiger partial charge in [-0.3, -0.25) is 4.79 Å². The minimum atomic E-state index is -0.165. The number of nitrogens with zero attached hydrogens (tertiary/aromatic N) is 1. The van der Waals surface area contributed by atoms with Crippen molar-refractivity contribution in [2.24, 2.45) is 5.10 Å². The number of carbonyl (C=O) groups excluding carboxylic acids is 1. The number of halogens is 1. The third-order valence-electron chi connectivity index (χ3n) is 1.64. The highest BCUT2D eigenvalue weighted by molar-refractivity contribution is 9.10. The van der Waals surface area contributed by atoms with E-state index in [4.69, 9.17) is 0 Å². The number of hydrazone groups is 1. The molecular formula is C10H11BrN2O. The summed E-state index contributed by atoms with van der Waals surface area (Å²) >= 11 is 3.35. The van der Waals surface area contributed by atoms with Crippen molar-refractivity contribution >= 4 is 27.5 Å². The standard InChI is InChI=1S/C10H11BrN2O/c1-7(12-13-8(2)14)9-3-5-10(11)6-4-9/h3-6H,1-2H3,(H,13,14). The Morgan fingerprint density at radius 2 is 1.86 bits per heavy atom. The highest BCUT2D eigenvalue weighted by Crippen LogP contribution is 2.10. The van der Waals surface area contributed by atoms with Gasteiger partial charge in [-0.2, -0.15) is 5.10 Å². The van der Waals surface area contributed by atoms with E-state index in [1.807, 2.05) is 31.2 Å². The van der Waals surface area contributed by atoms with Gasteiger partial charge in [0.15, 0.2) is 0 Å². The summed E-state index contributed by atoms with van der Waals surface area (Å²) in [4.78, 5) is 10.6. The molecule has 0 atom stereocenters. The van der Waals surface area contributed by atoms with Crippen molar-refractivity contribution in [2.75, 3.05) is 0 Å². The second-order valence-electron chi connectivity index (χ2n) is 2.87. The second kappa shape index (κ2) is 4.91. The molecule has 0 spiro atoms. The molecule has 0 aromatic heterocycles. The van der Waals surface area contributed by atoms with Crippen molar-refractivity contribution in [3.63, 3.8) is 0 Å². The first-order valence-electron chi connectivity index (χ1n) is 4.16. The highest BCUT2D eigenvalue weighted by atomic mass is 79.9. The van der Waals surface area contributed by atoms with Crippen molar-refractivity contribution in [1.82, 2.24) is 5.43 Å². The van der Waals surface area contributed by atoms with E-state index < -0.39 is 0 Å². The number of hydrogen-bond acceptors (Lipinski definition) is 2. The fraction of sp³-hybridized carbons (Fsp3) is 0.200. The summed E-state index contributed by atoms with van der Waals surface area (Å²) in [5.74, 6) is -0.165. The third kappa shape index (κ3) is 3.30. The van der Waals surface area contributed by atoms with E-state index in [1.165, 1.54) is 6.92 Å². The van der Waals surface area contributed by atoms with Crippen molar-refractivity contribution in [3.8, 4) is 0 Å². The summed E-state index contributed by atoms with van der Waals surface area (Å²) in [6, 6.07) is 7.74. The van der Waals surface area contributed by atoms with E-state index >= 15 is 0 Å². The molecule has 0 saturated carbocycles. The van der Waals surface area contributed by atoms with Crippen LogP contribution in [0.3, 0.4) is 0 Å². The predicted molar refractivity (Wildman–Crippen MR) is 60.2 cm³/mol. The predicted octanol–water partition coefficient (Wildman–Crippen LogP) is 2.31. The van der Waals surface area contributed by atoms with Gasteiger partial charge in [-0.1, -0.05) is 28.1 Å². The van der Waals surface area contributed by atoms with Crippen LogP contribution in [0.4, 0.5) is 0 Å². The van der Waals surface area contributed by atoms with Gasteiger partial charge in [0, 0.05) is 11.4 Å². The average molecular weight is 255 g/mol. The van der Waals surface area contributed by atoms with E-state index in [0.29, 0.717) is 0 Å². The molecule has 1 N–H and O–H groups in total. The lowest BCUT2D eigenvalue weighted by Crippen LogP contribution is -2.14. The minimum Gasteiger partial charge on any atom is -0.274 e. The summed E-state index contributed by atoms with van der Waals surface area (Å²) in [5, 5.41) is 3.93. The summed E-state index contributed by atoms with van der Waals surface area (Å²) in [6.45, 7) is 3.28. The molecule has 0 heterocycles. The highest BCUT2D eigenvalue weighted by Gasteiger charge is 1.97. The lowest BCUT2D eigenvalue weighted by atomic mass is 10.1. The SMILES string of the molecule is CC(=O)NN=C(C)c1ccc(Br)cc1. The van der Waals surface area contributed by atoms with Crippen molar-refractivity contribution in [3.05, 3.63) is 34.3 Å². The van der Waals surface area contributed by atoms with Crippen LogP contribution in [0.1, 0.15) is 19.4 Å². The first-order chi connectivity index (χ1) is 6.59. The first kappa shape index (κ1) is 10.9. The topological polar surface area (TPSA) is 41.5 Å². The van der Waals surface area contributed by atoms with E-state index in [-0.39, 0.29) is 5.91 Å². The van der Waals surface area contributed by atoms with Crippen LogP contribution in [0.5, 0.6) is 0 Å². The molecule has 0 saturated heterocycles. The molecule has 0 bridgehead atoms. The molecule has 0 fully saturated rings. The van der Waals surface area contributed by atoms with Gasteiger partial charge in [-0.05, 0) is 24.6 Å². The third-order valence-corrected chi connectivity index (χ3v) is 2.17. The Bertz CT molecular complexity index is 357.